The number of alkyl carbamates (subject to hydrolysis) is 2. The largest absolute Gasteiger partial charge is 0.453 e. The molecule has 4 amide bonds. The topological polar surface area (TPSA) is 179 Å². The molecule has 0 spiro atoms. The van der Waals surface area contributed by atoms with E-state index in [0.717, 1.165) is 65.3 Å². The highest BCUT2D eigenvalue weighted by Crippen LogP contribution is 2.50. The van der Waals surface area contributed by atoms with Crippen molar-refractivity contribution in [3.63, 3.8) is 0 Å². The van der Waals surface area contributed by atoms with E-state index in [1.165, 1.54) is 14.2 Å². The number of nitrogens with one attached hydrogen (secondary N) is 4. The second-order valence-electron chi connectivity index (χ2n) is 17.1. The van der Waals surface area contributed by atoms with Crippen LogP contribution in [0.1, 0.15) is 83.4 Å². The Balaban J connectivity index is 1.03. The van der Waals surface area contributed by atoms with Gasteiger partial charge in [-0.05, 0) is 96.0 Å². The van der Waals surface area contributed by atoms with E-state index in [1.54, 1.807) is 17.2 Å². The molecule has 0 unspecified atom stereocenters. The molecule has 60 heavy (non-hydrogen) atoms. The molecule has 6 atom stereocenters. The van der Waals surface area contributed by atoms with Crippen LogP contribution in [-0.4, -0.2) is 87.6 Å². The first-order chi connectivity index (χ1) is 28.8. The molecule has 4 heterocycles. The molecule has 1 saturated carbocycles. The zero-order valence-electron chi connectivity index (χ0n) is 34.9. The summed E-state index contributed by atoms with van der Waals surface area (Å²) >= 11 is 0. The molecular formula is C46H53N7O7. The number of aromatic nitrogens is 3. The van der Waals surface area contributed by atoms with E-state index in [4.69, 9.17) is 14.5 Å². The van der Waals surface area contributed by atoms with E-state index < -0.39 is 24.3 Å². The van der Waals surface area contributed by atoms with E-state index in [0.29, 0.717) is 29.0 Å². The monoisotopic (exact) mass is 815 g/mol. The van der Waals surface area contributed by atoms with Gasteiger partial charge in [0.15, 0.2) is 5.43 Å². The van der Waals surface area contributed by atoms with E-state index in [9.17, 15) is 24.0 Å². The first-order valence-electron chi connectivity index (χ1n) is 20.9. The predicted molar refractivity (Wildman–Crippen MR) is 228 cm³/mol. The second kappa shape index (κ2) is 16.5. The molecular weight excluding hydrogens is 763 g/mol. The Morgan fingerprint density at radius 2 is 1.40 bits per heavy atom. The molecule has 5 aromatic rings. The van der Waals surface area contributed by atoms with Crippen molar-refractivity contribution in [3.8, 4) is 22.4 Å². The third-order valence-corrected chi connectivity index (χ3v) is 12.7. The molecule has 2 aromatic heterocycles. The number of benzene rings is 3. The molecule has 4 N–H and O–H groups in total. The molecule has 2 aliphatic heterocycles. The number of amides is 4. The lowest BCUT2D eigenvalue weighted by Crippen LogP contribution is -2.54. The highest BCUT2D eigenvalue weighted by molar-refractivity contribution is 5.92. The zero-order valence-corrected chi connectivity index (χ0v) is 34.9. The summed E-state index contributed by atoms with van der Waals surface area (Å²) in [6, 6.07) is 18.0. The van der Waals surface area contributed by atoms with Gasteiger partial charge in [-0.2, -0.15) is 0 Å². The van der Waals surface area contributed by atoms with Crippen LogP contribution in [0.5, 0.6) is 0 Å². The summed E-state index contributed by atoms with van der Waals surface area (Å²) < 4.78 is 9.60. The van der Waals surface area contributed by atoms with Crippen LogP contribution in [-0.2, 0) is 19.1 Å². The van der Waals surface area contributed by atoms with Gasteiger partial charge in [0, 0.05) is 35.3 Å². The Labute approximate surface area is 348 Å². The smallest absolute Gasteiger partial charge is 0.407 e. The minimum absolute atomic E-state index is 0.0429. The van der Waals surface area contributed by atoms with Gasteiger partial charge in [-0.1, -0.05) is 58.0 Å². The summed E-state index contributed by atoms with van der Waals surface area (Å²) in [4.78, 5) is 81.0. The fraction of sp³-hybridized carbons (Fsp3) is 0.435. The number of ether oxygens (including phenoxy) is 2. The van der Waals surface area contributed by atoms with E-state index >= 15 is 0 Å². The number of fused-ring (bicyclic) bond motifs is 4. The van der Waals surface area contributed by atoms with Gasteiger partial charge >= 0.3 is 12.2 Å². The van der Waals surface area contributed by atoms with Crippen molar-refractivity contribution in [1.82, 2.24) is 35.4 Å². The number of carbonyl (C=O) groups is 4. The second-order valence-corrected chi connectivity index (χ2v) is 17.1. The number of likely N-dealkylation sites (tertiary alicyclic amines) is 2. The Kier molecular flexibility index (Phi) is 11.1. The van der Waals surface area contributed by atoms with Gasteiger partial charge in [0.25, 0.3) is 0 Å². The summed E-state index contributed by atoms with van der Waals surface area (Å²) in [6.07, 6.45) is 4.83. The maximum atomic E-state index is 14.1. The fourth-order valence-corrected chi connectivity index (χ4v) is 9.62. The molecule has 2 saturated heterocycles. The van der Waals surface area contributed by atoms with Crippen LogP contribution in [0.25, 0.3) is 44.1 Å². The average molecular weight is 816 g/mol. The molecule has 1 aliphatic carbocycles. The first kappa shape index (κ1) is 40.6. The van der Waals surface area contributed by atoms with Gasteiger partial charge in [0.1, 0.15) is 17.9 Å². The van der Waals surface area contributed by atoms with Crippen LogP contribution in [0, 0.1) is 17.8 Å². The van der Waals surface area contributed by atoms with E-state index in [-0.39, 0.29) is 53.1 Å². The quantitative estimate of drug-likeness (QED) is 0.114. The Morgan fingerprint density at radius 3 is 2.08 bits per heavy atom. The number of nitrogens with zero attached hydrogens (tertiary/aromatic N) is 3. The highest BCUT2D eigenvalue weighted by Gasteiger charge is 2.51. The number of hydrogen-bond donors (Lipinski definition) is 4. The van der Waals surface area contributed by atoms with Gasteiger partial charge in [0.2, 0.25) is 11.8 Å². The number of H-pyrrole nitrogens is 2. The zero-order chi connectivity index (χ0) is 42.4. The minimum Gasteiger partial charge on any atom is -0.453 e. The van der Waals surface area contributed by atoms with Gasteiger partial charge in [-0.25, -0.2) is 14.6 Å². The predicted octanol–water partition coefficient (Wildman–Crippen LogP) is 7.22. The number of carbonyl (C=O) groups excluding carboxylic acids is 4. The molecule has 2 bridgehead atoms. The Bertz CT molecular complexity index is 2530. The number of imidazole rings is 1. The molecule has 3 aliphatic rings. The molecule has 3 fully saturated rings. The average Bonchev–Trinajstić information content (AvgIpc) is 4.08. The lowest BCUT2D eigenvalue weighted by molar-refractivity contribution is -0.139. The van der Waals surface area contributed by atoms with Crippen LogP contribution in [0.2, 0.25) is 0 Å². The van der Waals surface area contributed by atoms with Crippen LogP contribution < -0.4 is 16.1 Å². The number of methoxy groups -OCH3 is 2. The summed E-state index contributed by atoms with van der Waals surface area (Å²) in [5, 5.41) is 8.09. The highest BCUT2D eigenvalue weighted by atomic mass is 16.5. The van der Waals surface area contributed by atoms with Gasteiger partial charge in [-0.3, -0.25) is 14.4 Å². The van der Waals surface area contributed by atoms with Crippen molar-refractivity contribution in [2.24, 2.45) is 17.8 Å². The van der Waals surface area contributed by atoms with Crippen LogP contribution in [0.4, 0.5) is 9.59 Å². The van der Waals surface area contributed by atoms with Crippen molar-refractivity contribution in [2.45, 2.75) is 90.0 Å². The van der Waals surface area contributed by atoms with E-state index in [1.807, 2.05) is 56.9 Å². The van der Waals surface area contributed by atoms with Gasteiger partial charge in [-0.15, -0.1) is 0 Å². The third kappa shape index (κ3) is 7.59. The maximum absolute atomic E-state index is 14.1. The molecule has 14 heteroatoms. The van der Waals surface area contributed by atoms with Crippen LogP contribution >= 0.6 is 0 Å². The van der Waals surface area contributed by atoms with Crippen LogP contribution in [0.3, 0.4) is 0 Å². The number of rotatable bonds is 10. The van der Waals surface area contributed by atoms with Crippen molar-refractivity contribution in [3.05, 3.63) is 88.6 Å². The number of hydrogen-bond acceptors (Lipinski definition) is 8. The first-order valence-corrected chi connectivity index (χ1v) is 20.9. The van der Waals surface area contributed by atoms with Crippen LogP contribution in [0.15, 0.2) is 71.7 Å². The van der Waals surface area contributed by atoms with E-state index in [2.05, 4.69) is 50.9 Å². The Morgan fingerprint density at radius 1 is 0.767 bits per heavy atom. The van der Waals surface area contributed by atoms with Gasteiger partial charge < -0.3 is 39.9 Å². The lowest BCUT2D eigenvalue weighted by atomic mass is 9.93. The molecule has 3 aromatic carbocycles. The van der Waals surface area contributed by atoms with Crippen molar-refractivity contribution in [2.75, 3.05) is 20.8 Å². The van der Waals surface area contributed by atoms with Gasteiger partial charge in [0.05, 0.1) is 43.7 Å². The summed E-state index contributed by atoms with van der Waals surface area (Å²) in [5.41, 5.74) is 5.04. The summed E-state index contributed by atoms with van der Waals surface area (Å²) in [7, 11) is 2.57. The normalized spacial score (nSPS) is 20.9. The number of aromatic amines is 2. The van der Waals surface area contributed by atoms with Crippen molar-refractivity contribution in [1.29, 1.82) is 0 Å². The molecule has 314 valence electrons. The van der Waals surface area contributed by atoms with Crippen molar-refractivity contribution < 1.29 is 28.7 Å². The number of piperidine rings is 1. The lowest BCUT2D eigenvalue weighted by Gasteiger charge is -2.38. The molecule has 14 nitrogen and oxygen atoms in total. The summed E-state index contributed by atoms with van der Waals surface area (Å²) in [5.74, 6) is 0.330. The van der Waals surface area contributed by atoms with Crippen molar-refractivity contribution >= 4 is 45.7 Å². The minimum atomic E-state index is -0.749. The summed E-state index contributed by atoms with van der Waals surface area (Å²) in [6.45, 7) is 8.17. The third-order valence-electron chi connectivity index (χ3n) is 12.7. The number of pyridine rings is 1. The molecule has 8 rings (SSSR count). The standard InChI is InChI=1S/C46H53N7O7/c1-24(2)39(50-45(57)59-5)43(55)52-17-7-8-37(52)42-47-23-36(49-42)30-12-11-26-18-27(9-10-28(26)19-30)29-14-16-33-34(21-29)48-35(22-38(33)54)41-31-13-15-32(20-31)53(41)44(56)40(25(3)4)51-46(58)60-6/h9-12,14,16,18-19,21-25,31-32,37,39-41H,7-8,13,15,17,20H2,1-6H3,(H,47,49)(H,48,54)(H,50,57)(H,51,58)/t31-,32-,37+,39+,40+,41+/m1/s1. The fourth-order valence-electron chi connectivity index (χ4n) is 9.62. The maximum Gasteiger partial charge on any atom is 0.407 e. The SMILES string of the molecule is COC(=O)N[C@H](C(=O)N1CCC[C@H]1c1ncc(-c2ccc3cc(-c4ccc5c(=O)cc([C@@H]6[C@@H]7CC[C@H](C7)N6C(=O)[C@@H](NC(=O)OC)C(C)C)[nH]c5c4)ccc3c2)[nH]1)C(C)C. The Hall–Kier alpha value is -6.18. The molecule has 0 radical (unpaired) electrons.